The van der Waals surface area contributed by atoms with Crippen molar-refractivity contribution in [2.24, 2.45) is 11.7 Å². The van der Waals surface area contributed by atoms with E-state index in [-0.39, 0.29) is 11.9 Å². The van der Waals surface area contributed by atoms with E-state index in [0.717, 1.165) is 5.69 Å². The number of amides is 1. The van der Waals surface area contributed by atoms with Crippen LogP contribution in [0.3, 0.4) is 0 Å². The average molecular weight is 224 g/mol. The van der Waals surface area contributed by atoms with Crippen LogP contribution in [0.25, 0.3) is 0 Å². The number of likely N-dealkylation sites (N-methyl/N-ethyl adjacent to an activating group) is 1. The Balaban J connectivity index is 2.82. The van der Waals surface area contributed by atoms with E-state index in [9.17, 15) is 4.79 Å². The molecular weight excluding hydrogens is 204 g/mol. The fourth-order valence-corrected chi connectivity index (χ4v) is 1.37. The normalized spacial score (nSPS) is 12.9. The van der Waals surface area contributed by atoms with Gasteiger partial charge in [-0.25, -0.2) is 4.98 Å². The number of hydrogen-bond acceptors (Lipinski definition) is 3. The Morgan fingerprint density at radius 1 is 1.56 bits per heavy atom. The van der Waals surface area contributed by atoms with Gasteiger partial charge in [0.2, 0.25) is 5.91 Å². The number of hydrogen-bond donors (Lipinski definition) is 1. The van der Waals surface area contributed by atoms with Crippen molar-refractivity contribution in [3.63, 3.8) is 0 Å². The first-order valence-electron chi connectivity index (χ1n) is 5.39. The second-order valence-electron chi connectivity index (χ2n) is 4.50. The van der Waals surface area contributed by atoms with E-state index in [2.05, 4.69) is 18.8 Å². The molecule has 0 bridgehead atoms. The molecule has 16 heavy (non-hydrogen) atoms. The van der Waals surface area contributed by atoms with Crippen LogP contribution in [-0.2, 0) is 11.3 Å². The Morgan fingerprint density at radius 3 is 2.69 bits per heavy atom. The summed E-state index contributed by atoms with van der Waals surface area (Å²) in [6.07, 6.45) is 3.38. The van der Waals surface area contributed by atoms with E-state index in [1.165, 1.54) is 0 Å². The van der Waals surface area contributed by atoms with E-state index in [4.69, 9.17) is 5.73 Å². The first-order chi connectivity index (χ1) is 7.43. The summed E-state index contributed by atoms with van der Waals surface area (Å²) in [6, 6.07) is -0.0857. The number of imidazole rings is 1. The molecule has 90 valence electrons. The second kappa shape index (κ2) is 5.12. The molecule has 0 aromatic carbocycles. The number of carbonyl (C=O) groups excluding carboxylic acids is 1. The topological polar surface area (TPSA) is 64.1 Å². The lowest BCUT2D eigenvalue weighted by Gasteiger charge is -2.18. The highest BCUT2D eigenvalue weighted by Gasteiger charge is 2.16. The minimum atomic E-state index is -0.0857. The molecule has 1 unspecified atom stereocenters. The van der Waals surface area contributed by atoms with Crippen LogP contribution < -0.4 is 5.73 Å². The molecule has 2 N–H and O–H groups in total. The van der Waals surface area contributed by atoms with Crippen molar-refractivity contribution >= 4 is 5.91 Å². The molecule has 0 saturated heterocycles. The molecule has 1 amide bonds. The Morgan fingerprint density at radius 2 is 2.19 bits per heavy atom. The van der Waals surface area contributed by atoms with Gasteiger partial charge in [0.05, 0.1) is 12.0 Å². The number of aromatic nitrogens is 2. The first kappa shape index (κ1) is 12.7. The van der Waals surface area contributed by atoms with Crippen LogP contribution in [0.4, 0.5) is 0 Å². The predicted molar refractivity (Wildman–Crippen MR) is 62.7 cm³/mol. The molecule has 1 aromatic rings. The summed E-state index contributed by atoms with van der Waals surface area (Å²) in [5.74, 6) is 0.361. The third kappa shape index (κ3) is 2.82. The monoisotopic (exact) mass is 224 g/mol. The SMILES string of the molecule is CC(C)C(N)c1cncn1CC(=O)N(C)C. The van der Waals surface area contributed by atoms with Crippen molar-refractivity contribution in [2.75, 3.05) is 14.1 Å². The Labute approximate surface area is 96.3 Å². The fourth-order valence-electron chi connectivity index (χ4n) is 1.37. The molecule has 0 radical (unpaired) electrons. The van der Waals surface area contributed by atoms with Crippen molar-refractivity contribution in [1.29, 1.82) is 0 Å². The molecule has 0 aliphatic carbocycles. The lowest BCUT2D eigenvalue weighted by molar-refractivity contribution is -0.129. The lowest BCUT2D eigenvalue weighted by Crippen LogP contribution is -2.28. The number of carbonyl (C=O) groups is 1. The molecule has 0 spiro atoms. The highest BCUT2D eigenvalue weighted by atomic mass is 16.2. The Bertz CT molecular complexity index is 357. The zero-order valence-corrected chi connectivity index (χ0v) is 10.3. The molecule has 0 fully saturated rings. The summed E-state index contributed by atoms with van der Waals surface area (Å²) >= 11 is 0. The molecule has 1 aromatic heterocycles. The first-order valence-corrected chi connectivity index (χ1v) is 5.39. The minimum Gasteiger partial charge on any atom is -0.347 e. The van der Waals surface area contributed by atoms with Crippen LogP contribution in [0.5, 0.6) is 0 Å². The molecular formula is C11H20N4O. The van der Waals surface area contributed by atoms with Crippen molar-refractivity contribution in [3.8, 4) is 0 Å². The third-order valence-electron chi connectivity index (χ3n) is 2.61. The van der Waals surface area contributed by atoms with Crippen LogP contribution in [0.2, 0.25) is 0 Å². The molecule has 0 aliphatic heterocycles. The smallest absolute Gasteiger partial charge is 0.242 e. The Kier molecular flexibility index (Phi) is 4.06. The van der Waals surface area contributed by atoms with E-state index in [0.29, 0.717) is 12.5 Å². The molecule has 1 heterocycles. The van der Waals surface area contributed by atoms with Crippen molar-refractivity contribution < 1.29 is 4.79 Å². The maximum absolute atomic E-state index is 11.6. The van der Waals surface area contributed by atoms with Crippen LogP contribution in [-0.4, -0.2) is 34.5 Å². The zero-order valence-electron chi connectivity index (χ0n) is 10.3. The minimum absolute atomic E-state index is 0.0372. The molecule has 1 rings (SSSR count). The average Bonchev–Trinajstić information content (AvgIpc) is 2.64. The van der Waals surface area contributed by atoms with Crippen LogP contribution in [0, 0.1) is 5.92 Å². The maximum Gasteiger partial charge on any atom is 0.242 e. The largest absolute Gasteiger partial charge is 0.347 e. The van der Waals surface area contributed by atoms with Gasteiger partial charge in [-0.05, 0) is 5.92 Å². The van der Waals surface area contributed by atoms with E-state index < -0.39 is 0 Å². The summed E-state index contributed by atoms with van der Waals surface area (Å²) in [5, 5.41) is 0. The van der Waals surface area contributed by atoms with Crippen LogP contribution in [0.15, 0.2) is 12.5 Å². The quantitative estimate of drug-likeness (QED) is 0.815. The van der Waals surface area contributed by atoms with Gasteiger partial charge in [0.1, 0.15) is 6.54 Å². The summed E-state index contributed by atoms with van der Waals surface area (Å²) in [4.78, 5) is 17.2. The number of nitrogens with two attached hydrogens (primary N) is 1. The zero-order chi connectivity index (χ0) is 12.3. The molecule has 1 atom stereocenters. The van der Waals surface area contributed by atoms with Crippen LogP contribution in [0.1, 0.15) is 25.6 Å². The van der Waals surface area contributed by atoms with Crippen molar-refractivity contribution in [3.05, 3.63) is 18.2 Å². The molecule has 5 heteroatoms. The molecule has 0 saturated carbocycles. The van der Waals surface area contributed by atoms with Gasteiger partial charge < -0.3 is 15.2 Å². The Hall–Kier alpha value is -1.36. The van der Waals surface area contributed by atoms with Gasteiger partial charge >= 0.3 is 0 Å². The van der Waals surface area contributed by atoms with Gasteiger partial charge in [0.15, 0.2) is 0 Å². The second-order valence-corrected chi connectivity index (χ2v) is 4.50. The number of rotatable bonds is 4. The summed E-state index contributed by atoms with van der Waals surface area (Å²) in [6.45, 7) is 4.40. The molecule has 0 aliphatic rings. The maximum atomic E-state index is 11.6. The highest BCUT2D eigenvalue weighted by Crippen LogP contribution is 2.18. The fraction of sp³-hybridized carbons (Fsp3) is 0.636. The standard InChI is InChI=1S/C11H20N4O/c1-8(2)11(12)9-5-13-7-15(9)6-10(16)14(3)4/h5,7-8,11H,6,12H2,1-4H3. The van der Waals surface area contributed by atoms with Gasteiger partial charge in [-0.3, -0.25) is 4.79 Å². The predicted octanol–water partition coefficient (Wildman–Crippen LogP) is 0.627. The van der Waals surface area contributed by atoms with Crippen LogP contribution >= 0.6 is 0 Å². The van der Waals surface area contributed by atoms with Gasteiger partial charge in [-0.15, -0.1) is 0 Å². The van der Waals surface area contributed by atoms with Crippen molar-refractivity contribution in [2.45, 2.75) is 26.4 Å². The van der Waals surface area contributed by atoms with Crippen molar-refractivity contribution in [1.82, 2.24) is 14.5 Å². The number of nitrogens with zero attached hydrogens (tertiary/aromatic N) is 3. The van der Waals surface area contributed by atoms with E-state index in [1.54, 1.807) is 31.5 Å². The molecule has 5 nitrogen and oxygen atoms in total. The summed E-state index contributed by atoms with van der Waals surface area (Å²) in [5.41, 5.74) is 6.96. The highest BCUT2D eigenvalue weighted by molar-refractivity contribution is 5.75. The van der Waals surface area contributed by atoms with Gasteiger partial charge in [0.25, 0.3) is 0 Å². The van der Waals surface area contributed by atoms with Gasteiger partial charge in [0, 0.05) is 26.3 Å². The summed E-state index contributed by atoms with van der Waals surface area (Å²) < 4.78 is 1.81. The van der Waals surface area contributed by atoms with Gasteiger partial charge in [-0.1, -0.05) is 13.8 Å². The lowest BCUT2D eigenvalue weighted by atomic mass is 10.0. The summed E-state index contributed by atoms with van der Waals surface area (Å²) in [7, 11) is 3.47. The van der Waals surface area contributed by atoms with E-state index >= 15 is 0 Å². The third-order valence-corrected chi connectivity index (χ3v) is 2.61. The van der Waals surface area contributed by atoms with Gasteiger partial charge in [-0.2, -0.15) is 0 Å². The van der Waals surface area contributed by atoms with E-state index in [1.807, 2.05) is 4.57 Å².